The molecule has 6 heteroatoms. The van der Waals surface area contributed by atoms with Gasteiger partial charge < -0.3 is 10.5 Å². The minimum Gasteiger partial charge on any atom is -0.452 e. The Morgan fingerprint density at radius 1 is 1.24 bits per heavy atom. The van der Waals surface area contributed by atoms with Gasteiger partial charge >= 0.3 is 12.0 Å². The van der Waals surface area contributed by atoms with Gasteiger partial charge in [0.15, 0.2) is 6.10 Å². The molecule has 6 nitrogen and oxygen atoms in total. The first-order chi connectivity index (χ1) is 7.79. The van der Waals surface area contributed by atoms with Crippen molar-refractivity contribution in [3.05, 3.63) is 0 Å². The van der Waals surface area contributed by atoms with Crippen LogP contribution < -0.4 is 11.1 Å². The second-order valence-corrected chi connectivity index (χ2v) is 4.26. The van der Waals surface area contributed by atoms with Crippen LogP contribution in [-0.2, 0) is 14.3 Å². The Morgan fingerprint density at radius 2 is 1.76 bits per heavy atom. The minimum absolute atomic E-state index is 0.234. The van der Waals surface area contributed by atoms with Gasteiger partial charge in [-0.15, -0.1) is 0 Å². The lowest BCUT2D eigenvalue weighted by Gasteiger charge is -2.21. The standard InChI is InChI=1S/C11H20N2O4/c1-5-7(4)10(15)17-8(6(2)3)9(14)13-11(12)16/h6-8H,5H2,1-4H3,(H3,12,13,14,16)/t7-,8+/m1/s1. The quantitative estimate of drug-likeness (QED) is 0.698. The van der Waals surface area contributed by atoms with Gasteiger partial charge in [-0.3, -0.25) is 14.9 Å². The van der Waals surface area contributed by atoms with Crippen molar-refractivity contribution in [2.45, 2.75) is 40.2 Å². The molecule has 0 rings (SSSR count). The van der Waals surface area contributed by atoms with Crippen LogP contribution in [0.15, 0.2) is 0 Å². The monoisotopic (exact) mass is 244 g/mol. The molecule has 2 atom stereocenters. The van der Waals surface area contributed by atoms with Gasteiger partial charge in [-0.1, -0.05) is 27.7 Å². The van der Waals surface area contributed by atoms with Gasteiger partial charge in [-0.05, 0) is 12.3 Å². The van der Waals surface area contributed by atoms with Gasteiger partial charge in [-0.25, -0.2) is 4.79 Å². The summed E-state index contributed by atoms with van der Waals surface area (Å²) in [5, 5.41) is 1.91. The highest BCUT2D eigenvalue weighted by atomic mass is 16.5. The molecule has 0 aromatic rings. The average molecular weight is 244 g/mol. The fraction of sp³-hybridized carbons (Fsp3) is 0.727. The van der Waals surface area contributed by atoms with Crippen LogP contribution in [0.5, 0.6) is 0 Å². The third-order valence-electron chi connectivity index (χ3n) is 2.37. The van der Waals surface area contributed by atoms with Crippen LogP contribution in [-0.4, -0.2) is 24.0 Å². The van der Waals surface area contributed by atoms with Crippen LogP contribution in [0.2, 0.25) is 0 Å². The molecule has 0 fully saturated rings. The molecule has 98 valence electrons. The maximum atomic E-state index is 11.6. The summed E-state index contributed by atoms with van der Waals surface area (Å²) < 4.78 is 5.07. The number of carbonyl (C=O) groups excluding carboxylic acids is 3. The van der Waals surface area contributed by atoms with Crippen molar-refractivity contribution in [3.8, 4) is 0 Å². The molecule has 3 N–H and O–H groups in total. The molecule has 0 spiro atoms. The van der Waals surface area contributed by atoms with Gasteiger partial charge in [0.05, 0.1) is 5.92 Å². The third-order valence-corrected chi connectivity index (χ3v) is 2.37. The fourth-order valence-electron chi connectivity index (χ4n) is 1.09. The van der Waals surface area contributed by atoms with Crippen LogP contribution in [0, 0.1) is 11.8 Å². The normalized spacial score (nSPS) is 13.9. The molecular formula is C11H20N2O4. The minimum atomic E-state index is -0.996. The van der Waals surface area contributed by atoms with Crippen molar-refractivity contribution >= 4 is 17.9 Å². The predicted octanol–water partition coefficient (Wildman–Crippen LogP) is 0.795. The van der Waals surface area contributed by atoms with E-state index in [0.717, 1.165) is 0 Å². The number of carbonyl (C=O) groups is 3. The summed E-state index contributed by atoms with van der Waals surface area (Å²) >= 11 is 0. The highest BCUT2D eigenvalue weighted by Crippen LogP contribution is 2.12. The van der Waals surface area contributed by atoms with Crippen molar-refractivity contribution in [2.75, 3.05) is 0 Å². The molecule has 17 heavy (non-hydrogen) atoms. The average Bonchev–Trinajstić information content (AvgIpc) is 2.22. The lowest BCUT2D eigenvalue weighted by Crippen LogP contribution is -2.46. The van der Waals surface area contributed by atoms with E-state index in [-0.39, 0.29) is 11.8 Å². The van der Waals surface area contributed by atoms with E-state index in [2.05, 4.69) is 0 Å². The summed E-state index contributed by atoms with van der Waals surface area (Å²) in [5.74, 6) is -1.66. The highest BCUT2D eigenvalue weighted by Gasteiger charge is 2.28. The maximum absolute atomic E-state index is 11.6. The van der Waals surface area contributed by atoms with E-state index in [1.807, 2.05) is 12.2 Å². The Kier molecular flexibility index (Phi) is 6.23. The van der Waals surface area contributed by atoms with Crippen LogP contribution >= 0.6 is 0 Å². The number of imide groups is 1. The Morgan fingerprint density at radius 3 is 2.12 bits per heavy atom. The Bertz CT molecular complexity index is 302. The van der Waals surface area contributed by atoms with Crippen molar-refractivity contribution in [1.29, 1.82) is 0 Å². The lowest BCUT2D eigenvalue weighted by atomic mass is 10.1. The molecule has 0 saturated carbocycles. The topological polar surface area (TPSA) is 98.5 Å². The molecule has 0 aliphatic carbocycles. The number of hydrogen-bond donors (Lipinski definition) is 2. The Hall–Kier alpha value is -1.59. The van der Waals surface area contributed by atoms with Crippen LogP contribution in [0.3, 0.4) is 0 Å². The number of ether oxygens (including phenoxy) is 1. The SMILES string of the molecule is CC[C@@H](C)C(=O)O[C@H](C(=O)NC(N)=O)C(C)C. The van der Waals surface area contributed by atoms with Gasteiger partial charge in [0.1, 0.15) is 0 Å². The molecule has 0 saturated heterocycles. The number of rotatable bonds is 5. The first-order valence-corrected chi connectivity index (χ1v) is 5.60. The molecule has 0 aromatic heterocycles. The number of nitrogens with one attached hydrogen (secondary N) is 1. The summed E-state index contributed by atoms with van der Waals surface area (Å²) in [5.41, 5.74) is 4.84. The Labute approximate surface area is 101 Å². The van der Waals surface area contributed by atoms with Gasteiger partial charge in [0.25, 0.3) is 5.91 Å². The second-order valence-electron chi connectivity index (χ2n) is 4.26. The number of hydrogen-bond acceptors (Lipinski definition) is 4. The molecule has 0 radical (unpaired) electrons. The molecule has 0 bridgehead atoms. The molecule has 0 aromatic carbocycles. The molecule has 0 heterocycles. The predicted molar refractivity (Wildman–Crippen MR) is 61.9 cm³/mol. The van der Waals surface area contributed by atoms with Crippen LogP contribution in [0.1, 0.15) is 34.1 Å². The largest absolute Gasteiger partial charge is 0.452 e. The summed E-state index contributed by atoms with van der Waals surface area (Å²) in [6.45, 7) is 7.00. The van der Waals surface area contributed by atoms with Crippen molar-refractivity contribution in [2.24, 2.45) is 17.6 Å². The van der Waals surface area contributed by atoms with Gasteiger partial charge in [0.2, 0.25) is 0 Å². The van der Waals surface area contributed by atoms with Crippen molar-refractivity contribution in [1.82, 2.24) is 5.32 Å². The fourth-order valence-corrected chi connectivity index (χ4v) is 1.09. The zero-order valence-corrected chi connectivity index (χ0v) is 10.6. The maximum Gasteiger partial charge on any atom is 0.318 e. The van der Waals surface area contributed by atoms with E-state index in [0.29, 0.717) is 6.42 Å². The van der Waals surface area contributed by atoms with Crippen LogP contribution in [0.4, 0.5) is 4.79 Å². The lowest BCUT2D eigenvalue weighted by molar-refractivity contribution is -0.161. The number of amides is 3. The first-order valence-electron chi connectivity index (χ1n) is 5.60. The van der Waals surface area contributed by atoms with Gasteiger partial charge in [-0.2, -0.15) is 0 Å². The van der Waals surface area contributed by atoms with Crippen molar-refractivity contribution < 1.29 is 19.1 Å². The third kappa shape index (κ3) is 5.33. The molecular weight excluding hydrogens is 224 g/mol. The zero-order valence-electron chi connectivity index (χ0n) is 10.6. The van der Waals surface area contributed by atoms with E-state index in [1.54, 1.807) is 20.8 Å². The van der Waals surface area contributed by atoms with Gasteiger partial charge in [0, 0.05) is 0 Å². The number of esters is 1. The molecule has 0 aliphatic heterocycles. The summed E-state index contributed by atoms with van der Waals surface area (Å²) in [7, 11) is 0. The first kappa shape index (κ1) is 15.4. The van der Waals surface area contributed by atoms with E-state index >= 15 is 0 Å². The summed E-state index contributed by atoms with van der Waals surface area (Å²) in [4.78, 5) is 33.7. The molecule has 3 amide bonds. The zero-order chi connectivity index (χ0) is 13.6. The van der Waals surface area contributed by atoms with E-state index < -0.39 is 24.0 Å². The second kappa shape index (κ2) is 6.88. The van der Waals surface area contributed by atoms with E-state index in [9.17, 15) is 14.4 Å². The van der Waals surface area contributed by atoms with Crippen molar-refractivity contribution in [3.63, 3.8) is 0 Å². The Balaban J connectivity index is 4.59. The number of urea groups is 1. The molecule has 0 unspecified atom stereocenters. The summed E-state index contributed by atoms with van der Waals surface area (Å²) in [6.07, 6.45) is -0.370. The smallest absolute Gasteiger partial charge is 0.318 e. The highest BCUT2D eigenvalue weighted by molar-refractivity contribution is 5.96. The number of nitrogens with two attached hydrogens (primary N) is 1. The molecule has 0 aliphatic rings. The van der Waals surface area contributed by atoms with Crippen LogP contribution in [0.25, 0.3) is 0 Å². The van der Waals surface area contributed by atoms with E-state index in [4.69, 9.17) is 10.5 Å². The summed E-state index contributed by atoms with van der Waals surface area (Å²) in [6, 6.07) is -0.958. The van der Waals surface area contributed by atoms with E-state index in [1.165, 1.54) is 0 Å². The number of primary amides is 1.